The SMILES string of the molecule is CCCOCCOCCC1CCCC1(NCC)C(=O)O. The van der Waals surface area contributed by atoms with Crippen LogP contribution in [0.1, 0.15) is 46.0 Å². The normalized spacial score (nSPS) is 26.0. The van der Waals surface area contributed by atoms with Gasteiger partial charge >= 0.3 is 5.97 Å². The van der Waals surface area contributed by atoms with Crippen molar-refractivity contribution in [2.75, 3.05) is 33.0 Å². The summed E-state index contributed by atoms with van der Waals surface area (Å²) in [6.07, 6.45) is 4.48. The summed E-state index contributed by atoms with van der Waals surface area (Å²) >= 11 is 0. The van der Waals surface area contributed by atoms with Gasteiger partial charge in [-0.25, -0.2) is 0 Å². The van der Waals surface area contributed by atoms with Crippen LogP contribution in [-0.4, -0.2) is 49.6 Å². The fourth-order valence-corrected chi connectivity index (χ4v) is 3.07. The van der Waals surface area contributed by atoms with Crippen molar-refractivity contribution >= 4 is 5.97 Å². The maximum atomic E-state index is 11.6. The summed E-state index contributed by atoms with van der Waals surface area (Å²) in [7, 11) is 0. The Kier molecular flexibility index (Phi) is 8.11. The molecule has 0 amide bonds. The lowest BCUT2D eigenvalue weighted by Crippen LogP contribution is -2.54. The standard InChI is InChI=1S/C15H29NO4/c1-3-9-19-11-12-20-10-7-13-6-5-8-15(13,14(17)18)16-4-2/h13,16H,3-12H2,1-2H3,(H,17,18). The predicted molar refractivity (Wildman–Crippen MR) is 77.9 cm³/mol. The number of ether oxygens (including phenoxy) is 2. The summed E-state index contributed by atoms with van der Waals surface area (Å²) in [5, 5.41) is 12.7. The van der Waals surface area contributed by atoms with Crippen molar-refractivity contribution in [2.24, 2.45) is 5.92 Å². The lowest BCUT2D eigenvalue weighted by molar-refractivity contribution is -0.147. The Hall–Kier alpha value is -0.650. The Bertz CT molecular complexity index is 285. The van der Waals surface area contributed by atoms with E-state index in [1.807, 2.05) is 6.92 Å². The molecule has 1 aliphatic carbocycles. The molecule has 1 aliphatic rings. The van der Waals surface area contributed by atoms with Gasteiger partial charge in [-0.05, 0) is 38.1 Å². The number of hydrogen-bond acceptors (Lipinski definition) is 4. The summed E-state index contributed by atoms with van der Waals surface area (Å²) in [5.41, 5.74) is -0.739. The van der Waals surface area contributed by atoms with E-state index in [-0.39, 0.29) is 5.92 Å². The van der Waals surface area contributed by atoms with Crippen LogP contribution in [0.5, 0.6) is 0 Å². The summed E-state index contributed by atoms with van der Waals surface area (Å²) in [6, 6.07) is 0. The zero-order valence-electron chi connectivity index (χ0n) is 12.8. The molecule has 2 atom stereocenters. The second-order valence-corrected chi connectivity index (χ2v) is 5.41. The minimum atomic E-state index is -0.739. The second-order valence-electron chi connectivity index (χ2n) is 5.41. The Morgan fingerprint density at radius 3 is 2.55 bits per heavy atom. The third-order valence-electron chi connectivity index (χ3n) is 4.03. The van der Waals surface area contributed by atoms with Crippen molar-refractivity contribution in [1.29, 1.82) is 0 Å². The molecule has 0 saturated heterocycles. The highest BCUT2D eigenvalue weighted by molar-refractivity contribution is 5.79. The van der Waals surface area contributed by atoms with Crippen LogP contribution in [0.25, 0.3) is 0 Å². The van der Waals surface area contributed by atoms with Crippen molar-refractivity contribution in [2.45, 2.75) is 51.5 Å². The first-order valence-electron chi connectivity index (χ1n) is 7.81. The molecule has 0 bridgehead atoms. The topological polar surface area (TPSA) is 67.8 Å². The van der Waals surface area contributed by atoms with Crippen molar-refractivity contribution < 1.29 is 19.4 Å². The molecular formula is C15H29NO4. The first kappa shape index (κ1) is 17.4. The molecule has 5 heteroatoms. The number of likely N-dealkylation sites (N-methyl/N-ethyl adjacent to an activating group) is 1. The molecular weight excluding hydrogens is 258 g/mol. The van der Waals surface area contributed by atoms with Crippen LogP contribution in [-0.2, 0) is 14.3 Å². The van der Waals surface area contributed by atoms with Gasteiger partial charge in [0.25, 0.3) is 0 Å². The highest BCUT2D eigenvalue weighted by Crippen LogP contribution is 2.38. The van der Waals surface area contributed by atoms with Crippen molar-refractivity contribution in [3.63, 3.8) is 0 Å². The summed E-state index contributed by atoms with van der Waals surface area (Å²) < 4.78 is 10.9. The highest BCUT2D eigenvalue weighted by Gasteiger charge is 2.48. The summed E-state index contributed by atoms with van der Waals surface area (Å²) in [6.45, 7) is 7.32. The lowest BCUT2D eigenvalue weighted by atomic mass is 9.84. The van der Waals surface area contributed by atoms with E-state index in [9.17, 15) is 9.90 Å². The van der Waals surface area contributed by atoms with Crippen LogP contribution in [0.2, 0.25) is 0 Å². The minimum Gasteiger partial charge on any atom is -0.480 e. The van der Waals surface area contributed by atoms with Crippen LogP contribution in [0, 0.1) is 5.92 Å². The Balaban J connectivity index is 2.29. The van der Waals surface area contributed by atoms with Gasteiger partial charge in [0.2, 0.25) is 0 Å². The molecule has 1 fully saturated rings. The number of aliphatic carboxylic acids is 1. The minimum absolute atomic E-state index is 0.163. The van der Waals surface area contributed by atoms with E-state index in [0.717, 1.165) is 38.7 Å². The summed E-state index contributed by atoms with van der Waals surface area (Å²) in [5.74, 6) is -0.551. The van der Waals surface area contributed by atoms with Crippen LogP contribution in [0.4, 0.5) is 0 Å². The van der Waals surface area contributed by atoms with Gasteiger partial charge in [0, 0.05) is 13.2 Å². The zero-order chi connectivity index (χ0) is 14.8. The number of nitrogens with one attached hydrogen (secondary N) is 1. The van der Waals surface area contributed by atoms with Gasteiger partial charge in [0.15, 0.2) is 0 Å². The van der Waals surface area contributed by atoms with E-state index in [0.29, 0.717) is 26.4 Å². The lowest BCUT2D eigenvalue weighted by Gasteiger charge is -2.32. The second kappa shape index (κ2) is 9.32. The van der Waals surface area contributed by atoms with Gasteiger partial charge in [-0.1, -0.05) is 20.3 Å². The molecule has 1 saturated carbocycles. The molecule has 0 aromatic carbocycles. The van der Waals surface area contributed by atoms with Gasteiger partial charge in [-0.3, -0.25) is 4.79 Å². The number of carboxylic acids is 1. The largest absolute Gasteiger partial charge is 0.480 e. The van der Waals surface area contributed by atoms with Crippen molar-refractivity contribution in [1.82, 2.24) is 5.32 Å². The Morgan fingerprint density at radius 2 is 1.95 bits per heavy atom. The molecule has 0 aromatic heterocycles. The number of hydrogen-bond donors (Lipinski definition) is 2. The van der Waals surface area contributed by atoms with Crippen LogP contribution >= 0.6 is 0 Å². The number of carboxylic acid groups (broad SMARTS) is 1. The first-order valence-corrected chi connectivity index (χ1v) is 7.81. The zero-order valence-corrected chi connectivity index (χ0v) is 12.8. The van der Waals surface area contributed by atoms with Crippen LogP contribution in [0.15, 0.2) is 0 Å². The highest BCUT2D eigenvalue weighted by atomic mass is 16.5. The molecule has 2 N–H and O–H groups in total. The molecule has 2 unspecified atom stereocenters. The quantitative estimate of drug-likeness (QED) is 0.569. The smallest absolute Gasteiger partial charge is 0.324 e. The van der Waals surface area contributed by atoms with E-state index in [1.165, 1.54) is 0 Å². The summed E-state index contributed by atoms with van der Waals surface area (Å²) in [4.78, 5) is 11.6. The fourth-order valence-electron chi connectivity index (χ4n) is 3.07. The Labute approximate surface area is 122 Å². The van der Waals surface area contributed by atoms with E-state index in [2.05, 4.69) is 12.2 Å². The molecule has 0 aromatic rings. The number of carbonyl (C=O) groups is 1. The Morgan fingerprint density at radius 1 is 1.25 bits per heavy atom. The van der Waals surface area contributed by atoms with Crippen molar-refractivity contribution in [3.05, 3.63) is 0 Å². The van der Waals surface area contributed by atoms with Gasteiger partial charge < -0.3 is 19.9 Å². The maximum absolute atomic E-state index is 11.6. The third-order valence-corrected chi connectivity index (χ3v) is 4.03. The van der Waals surface area contributed by atoms with E-state index in [1.54, 1.807) is 0 Å². The number of rotatable bonds is 11. The molecule has 118 valence electrons. The van der Waals surface area contributed by atoms with E-state index in [4.69, 9.17) is 9.47 Å². The maximum Gasteiger partial charge on any atom is 0.324 e. The van der Waals surface area contributed by atoms with E-state index < -0.39 is 11.5 Å². The molecule has 20 heavy (non-hydrogen) atoms. The van der Waals surface area contributed by atoms with Gasteiger partial charge in [0.1, 0.15) is 5.54 Å². The molecule has 0 heterocycles. The van der Waals surface area contributed by atoms with Crippen molar-refractivity contribution in [3.8, 4) is 0 Å². The molecule has 0 spiro atoms. The third kappa shape index (κ3) is 4.72. The van der Waals surface area contributed by atoms with Gasteiger partial charge in [0.05, 0.1) is 13.2 Å². The predicted octanol–water partition coefficient (Wildman–Crippen LogP) is 2.05. The van der Waals surface area contributed by atoms with Crippen LogP contribution in [0.3, 0.4) is 0 Å². The average Bonchev–Trinajstić information content (AvgIpc) is 2.82. The first-order chi connectivity index (χ1) is 9.67. The molecule has 5 nitrogen and oxygen atoms in total. The van der Waals surface area contributed by atoms with Gasteiger partial charge in [-0.2, -0.15) is 0 Å². The molecule has 0 aliphatic heterocycles. The van der Waals surface area contributed by atoms with E-state index >= 15 is 0 Å². The fraction of sp³-hybridized carbons (Fsp3) is 0.933. The molecule has 0 radical (unpaired) electrons. The molecule has 1 rings (SSSR count). The van der Waals surface area contributed by atoms with Gasteiger partial charge in [-0.15, -0.1) is 0 Å². The monoisotopic (exact) mass is 287 g/mol. The van der Waals surface area contributed by atoms with Crippen LogP contribution < -0.4 is 5.32 Å². The average molecular weight is 287 g/mol.